The van der Waals surface area contributed by atoms with Crippen LogP contribution >= 0.6 is 11.6 Å². The fraction of sp³-hybridized carbons (Fsp3) is 0.632. The summed E-state index contributed by atoms with van der Waals surface area (Å²) in [6, 6.07) is 1.70. The fourth-order valence-corrected chi connectivity index (χ4v) is 5.29. The summed E-state index contributed by atoms with van der Waals surface area (Å²) in [5.74, 6) is -0.876. The first kappa shape index (κ1) is 17.4. The van der Waals surface area contributed by atoms with Gasteiger partial charge in [0.25, 0.3) is 0 Å². The molecule has 0 spiro atoms. The largest absolute Gasteiger partial charge is 0.465 e. The van der Waals surface area contributed by atoms with Crippen molar-refractivity contribution in [3.05, 3.63) is 23.1 Å². The van der Waals surface area contributed by atoms with Crippen LogP contribution in [0.4, 0.5) is 0 Å². The summed E-state index contributed by atoms with van der Waals surface area (Å²) in [6.07, 6.45) is 1.87. The average molecular weight is 392 g/mol. The predicted molar refractivity (Wildman–Crippen MR) is 97.3 cm³/mol. The first-order valence-electron chi connectivity index (χ1n) is 9.31. The summed E-state index contributed by atoms with van der Waals surface area (Å²) in [5.41, 5.74) is 1.54. The summed E-state index contributed by atoms with van der Waals surface area (Å²) in [7, 11) is 0. The molecule has 2 saturated carbocycles. The van der Waals surface area contributed by atoms with Crippen LogP contribution in [0.15, 0.2) is 12.4 Å². The molecule has 0 radical (unpaired) electrons. The molecule has 0 N–H and O–H groups in total. The Bertz CT molecular complexity index is 958. The van der Waals surface area contributed by atoms with Crippen LogP contribution in [0.1, 0.15) is 38.9 Å². The van der Waals surface area contributed by atoms with Gasteiger partial charge in [0.05, 0.1) is 24.0 Å². The molecule has 5 atom stereocenters. The minimum atomic E-state index is -0.752. The third-order valence-electron chi connectivity index (χ3n) is 6.03. The number of imidazole rings is 1. The van der Waals surface area contributed by atoms with E-state index in [0.29, 0.717) is 22.8 Å². The molecule has 7 nitrogen and oxygen atoms in total. The average Bonchev–Trinajstić information content (AvgIpc) is 2.90. The van der Waals surface area contributed by atoms with E-state index in [9.17, 15) is 4.79 Å². The summed E-state index contributed by atoms with van der Waals surface area (Å²) in [5, 5.41) is 0.571. The van der Waals surface area contributed by atoms with Crippen molar-refractivity contribution in [2.45, 2.75) is 58.2 Å². The van der Waals surface area contributed by atoms with Gasteiger partial charge in [0.1, 0.15) is 23.1 Å². The lowest BCUT2D eigenvalue weighted by Gasteiger charge is -2.24. The van der Waals surface area contributed by atoms with E-state index in [0.717, 1.165) is 12.1 Å². The molecule has 8 heteroatoms. The normalized spacial score (nSPS) is 35.9. The van der Waals surface area contributed by atoms with Gasteiger partial charge in [0, 0.05) is 11.6 Å². The summed E-state index contributed by atoms with van der Waals surface area (Å²) < 4.78 is 19.8. The minimum absolute atomic E-state index is 0.0705. The third-order valence-corrected chi connectivity index (χ3v) is 6.32. The molecule has 0 amide bonds. The maximum absolute atomic E-state index is 12.8. The van der Waals surface area contributed by atoms with Gasteiger partial charge in [-0.1, -0.05) is 11.6 Å². The second-order valence-electron chi connectivity index (χ2n) is 8.15. The second kappa shape index (κ2) is 5.43. The Morgan fingerprint density at radius 1 is 1.44 bits per heavy atom. The van der Waals surface area contributed by atoms with E-state index in [2.05, 4.69) is 9.97 Å². The van der Waals surface area contributed by atoms with Crippen LogP contribution in [0, 0.1) is 18.3 Å². The number of carbonyl (C=O) groups is 1. The zero-order chi connectivity index (χ0) is 19.1. The number of hydrogen-bond donors (Lipinski definition) is 0. The third kappa shape index (κ3) is 2.25. The Kier molecular flexibility index (Phi) is 3.50. The van der Waals surface area contributed by atoms with Crippen LogP contribution in [0.2, 0.25) is 5.02 Å². The monoisotopic (exact) mass is 391 g/mol. The Labute approximate surface area is 162 Å². The van der Waals surface area contributed by atoms with Gasteiger partial charge < -0.3 is 18.8 Å². The number of aromatic nitrogens is 3. The number of rotatable bonds is 3. The molecule has 2 aromatic rings. The number of halogens is 1. The number of ether oxygens (including phenoxy) is 3. The van der Waals surface area contributed by atoms with Crippen molar-refractivity contribution in [1.29, 1.82) is 0 Å². The molecule has 144 valence electrons. The predicted octanol–water partition coefficient (Wildman–Crippen LogP) is 3.04. The van der Waals surface area contributed by atoms with Gasteiger partial charge in [-0.2, -0.15) is 0 Å². The van der Waals surface area contributed by atoms with E-state index in [1.54, 1.807) is 12.4 Å². The van der Waals surface area contributed by atoms with E-state index in [4.69, 9.17) is 25.8 Å². The summed E-state index contributed by atoms with van der Waals surface area (Å²) in [6.45, 7) is 7.83. The number of hydrogen-bond acceptors (Lipinski definition) is 6. The summed E-state index contributed by atoms with van der Waals surface area (Å²) in [4.78, 5) is 21.9. The molecule has 0 bridgehead atoms. The van der Waals surface area contributed by atoms with Crippen LogP contribution in [0.25, 0.3) is 11.2 Å². The minimum Gasteiger partial charge on any atom is -0.465 e. The molecule has 0 aromatic carbocycles. The molecular weight excluding hydrogens is 370 g/mol. The van der Waals surface area contributed by atoms with Gasteiger partial charge in [-0.3, -0.25) is 4.79 Å². The van der Waals surface area contributed by atoms with Crippen molar-refractivity contribution in [3.63, 3.8) is 0 Å². The molecular formula is C19H22ClN3O4. The Hall–Kier alpha value is -1.70. The van der Waals surface area contributed by atoms with E-state index in [1.165, 1.54) is 0 Å². The van der Waals surface area contributed by atoms with E-state index in [-0.39, 0.29) is 30.1 Å². The highest BCUT2D eigenvalue weighted by atomic mass is 35.5. The molecule has 3 aliphatic rings. The van der Waals surface area contributed by atoms with Gasteiger partial charge in [-0.05, 0) is 40.2 Å². The quantitative estimate of drug-likeness (QED) is 0.748. The smallest absolute Gasteiger partial charge is 0.315 e. The van der Waals surface area contributed by atoms with Crippen molar-refractivity contribution in [2.24, 2.45) is 11.3 Å². The van der Waals surface area contributed by atoms with Crippen LogP contribution in [0.5, 0.6) is 0 Å². The molecule has 2 aliphatic carbocycles. The summed E-state index contributed by atoms with van der Waals surface area (Å²) >= 11 is 6.36. The lowest BCUT2D eigenvalue weighted by atomic mass is 9.99. The van der Waals surface area contributed by atoms with Crippen molar-refractivity contribution in [1.82, 2.24) is 14.5 Å². The number of esters is 1. The fourth-order valence-electron chi connectivity index (χ4n) is 5.00. The van der Waals surface area contributed by atoms with Gasteiger partial charge in [-0.25, -0.2) is 9.97 Å². The van der Waals surface area contributed by atoms with E-state index >= 15 is 0 Å². The Balaban J connectivity index is 1.63. The topological polar surface area (TPSA) is 75.5 Å². The van der Waals surface area contributed by atoms with Crippen molar-refractivity contribution >= 4 is 28.7 Å². The molecule has 27 heavy (non-hydrogen) atoms. The molecule has 2 aromatic heterocycles. The van der Waals surface area contributed by atoms with Crippen LogP contribution in [-0.4, -0.2) is 45.1 Å². The number of aryl methyl sites for hydroxylation is 1. The molecule has 3 heterocycles. The standard InChI is InChI=1S/C19H22ClN3O4/c1-5-25-17(24)19-7-10(19)13(14-15(19)27-18(3,4)26-14)23-8-21-12-11(20)6-9(2)22-16(12)23/h6,8,10,13-15H,5,7H2,1-4H3. The zero-order valence-corrected chi connectivity index (χ0v) is 16.5. The van der Waals surface area contributed by atoms with E-state index < -0.39 is 11.2 Å². The van der Waals surface area contributed by atoms with Crippen LogP contribution < -0.4 is 0 Å². The van der Waals surface area contributed by atoms with Gasteiger partial charge in [0.2, 0.25) is 0 Å². The molecule has 5 rings (SSSR count). The number of fused-ring (bicyclic) bond motifs is 4. The number of carbonyl (C=O) groups excluding carboxylic acids is 1. The van der Waals surface area contributed by atoms with Gasteiger partial charge >= 0.3 is 5.97 Å². The van der Waals surface area contributed by atoms with Crippen LogP contribution in [-0.2, 0) is 19.0 Å². The Morgan fingerprint density at radius 2 is 2.22 bits per heavy atom. The SMILES string of the molecule is CCOC(=O)C12CC1C(n1cnc3c(Cl)cc(C)nc31)C1OC(C)(C)OC12. The van der Waals surface area contributed by atoms with Crippen molar-refractivity contribution in [2.75, 3.05) is 6.61 Å². The van der Waals surface area contributed by atoms with E-state index in [1.807, 2.05) is 32.3 Å². The number of pyridine rings is 1. The highest BCUT2D eigenvalue weighted by molar-refractivity contribution is 6.34. The van der Waals surface area contributed by atoms with Gasteiger partial charge in [0.15, 0.2) is 11.4 Å². The number of nitrogens with zero attached hydrogens (tertiary/aromatic N) is 3. The highest BCUT2D eigenvalue weighted by Crippen LogP contribution is 2.72. The maximum atomic E-state index is 12.8. The molecule has 1 saturated heterocycles. The highest BCUT2D eigenvalue weighted by Gasteiger charge is 2.80. The lowest BCUT2D eigenvalue weighted by molar-refractivity contribution is -0.172. The molecule has 3 fully saturated rings. The maximum Gasteiger partial charge on any atom is 0.315 e. The first-order valence-corrected chi connectivity index (χ1v) is 9.69. The lowest BCUT2D eigenvalue weighted by Crippen LogP contribution is -2.36. The first-order chi connectivity index (χ1) is 12.8. The van der Waals surface area contributed by atoms with Crippen LogP contribution in [0.3, 0.4) is 0 Å². The molecule has 1 aliphatic heterocycles. The zero-order valence-electron chi connectivity index (χ0n) is 15.7. The second-order valence-corrected chi connectivity index (χ2v) is 8.56. The van der Waals surface area contributed by atoms with Crippen molar-refractivity contribution in [3.8, 4) is 0 Å². The van der Waals surface area contributed by atoms with Crippen molar-refractivity contribution < 1.29 is 19.0 Å². The molecule has 5 unspecified atom stereocenters. The Morgan fingerprint density at radius 3 is 2.96 bits per heavy atom. The van der Waals surface area contributed by atoms with Gasteiger partial charge in [-0.15, -0.1) is 0 Å².